The van der Waals surface area contributed by atoms with E-state index in [9.17, 15) is 0 Å². The van der Waals surface area contributed by atoms with Crippen LogP contribution < -0.4 is 10.5 Å². The van der Waals surface area contributed by atoms with Gasteiger partial charge in [0.1, 0.15) is 5.75 Å². The van der Waals surface area contributed by atoms with Crippen LogP contribution in [-0.4, -0.2) is 37.7 Å². The van der Waals surface area contributed by atoms with Crippen molar-refractivity contribution in [1.29, 1.82) is 0 Å². The molecule has 1 aromatic rings. The van der Waals surface area contributed by atoms with E-state index in [0.29, 0.717) is 6.04 Å². The van der Waals surface area contributed by atoms with Crippen molar-refractivity contribution >= 4 is 5.57 Å². The summed E-state index contributed by atoms with van der Waals surface area (Å²) in [6.07, 6.45) is 11.7. The highest BCUT2D eigenvalue weighted by Gasteiger charge is 2.20. The third-order valence-corrected chi connectivity index (χ3v) is 5.60. The Bertz CT molecular complexity index is 549. The van der Waals surface area contributed by atoms with E-state index in [1.165, 1.54) is 49.7 Å². The van der Waals surface area contributed by atoms with Crippen molar-refractivity contribution in [3.8, 4) is 5.75 Å². The molecule has 1 aliphatic heterocycles. The van der Waals surface area contributed by atoms with Crippen molar-refractivity contribution < 1.29 is 4.74 Å². The summed E-state index contributed by atoms with van der Waals surface area (Å²) >= 11 is 0. The molecule has 3 rings (SSSR count). The quantitative estimate of drug-likeness (QED) is 0.855. The van der Waals surface area contributed by atoms with Crippen LogP contribution in [0.15, 0.2) is 30.3 Å². The standard InChI is InChI=1S/C21H32N2O/c1-24-21-10-6-5-9-20(21)18-11-13-23(14-12-18)16-19(22)15-17-7-3-2-4-8-17/h5-6,9-11,17,19H,2-4,7-8,12-16,22H2,1H3/t19-/m1/s1. The molecule has 2 N–H and O–H groups in total. The Kier molecular flexibility index (Phi) is 6.33. The molecule has 132 valence electrons. The highest BCUT2D eigenvalue weighted by Crippen LogP contribution is 2.30. The van der Waals surface area contributed by atoms with Gasteiger partial charge in [-0.15, -0.1) is 0 Å². The molecule has 3 heteroatoms. The summed E-state index contributed by atoms with van der Waals surface area (Å²) in [5, 5.41) is 0. The third-order valence-electron chi connectivity index (χ3n) is 5.60. The van der Waals surface area contributed by atoms with Gasteiger partial charge >= 0.3 is 0 Å². The first-order chi connectivity index (χ1) is 11.8. The molecule has 0 aromatic heterocycles. The maximum absolute atomic E-state index is 6.44. The summed E-state index contributed by atoms with van der Waals surface area (Å²) in [5.74, 6) is 1.85. The first kappa shape index (κ1) is 17.5. The molecule has 24 heavy (non-hydrogen) atoms. The molecule has 0 bridgehead atoms. The number of ether oxygens (including phenoxy) is 1. The lowest BCUT2D eigenvalue weighted by molar-refractivity contribution is 0.245. The number of benzene rings is 1. The van der Waals surface area contributed by atoms with E-state index < -0.39 is 0 Å². The van der Waals surface area contributed by atoms with Gasteiger partial charge in [-0.2, -0.15) is 0 Å². The molecule has 1 saturated carbocycles. The summed E-state index contributed by atoms with van der Waals surface area (Å²) in [6, 6.07) is 8.65. The van der Waals surface area contributed by atoms with Gasteiger partial charge in [0.05, 0.1) is 7.11 Å². The number of rotatable bonds is 6. The number of nitrogens with two attached hydrogens (primary N) is 1. The zero-order chi connectivity index (χ0) is 16.8. The largest absolute Gasteiger partial charge is 0.496 e. The van der Waals surface area contributed by atoms with Crippen molar-refractivity contribution in [2.75, 3.05) is 26.7 Å². The molecule has 0 radical (unpaired) electrons. The topological polar surface area (TPSA) is 38.5 Å². The predicted molar refractivity (Wildman–Crippen MR) is 101 cm³/mol. The summed E-state index contributed by atoms with van der Waals surface area (Å²) in [6.45, 7) is 3.14. The van der Waals surface area contributed by atoms with E-state index in [2.05, 4.69) is 23.1 Å². The molecule has 0 amide bonds. The van der Waals surface area contributed by atoms with Gasteiger partial charge in [0.2, 0.25) is 0 Å². The molecule has 1 fully saturated rings. The van der Waals surface area contributed by atoms with Crippen LogP contribution in [0.5, 0.6) is 5.75 Å². The Morgan fingerprint density at radius 3 is 2.71 bits per heavy atom. The van der Waals surface area contributed by atoms with E-state index >= 15 is 0 Å². The van der Waals surface area contributed by atoms with Crippen LogP contribution >= 0.6 is 0 Å². The van der Waals surface area contributed by atoms with Crippen LogP contribution in [0.2, 0.25) is 0 Å². The number of para-hydroxylation sites is 1. The number of nitrogens with zero attached hydrogens (tertiary/aromatic N) is 1. The molecular formula is C21H32N2O. The van der Waals surface area contributed by atoms with Crippen LogP contribution in [0.25, 0.3) is 5.57 Å². The minimum Gasteiger partial charge on any atom is -0.496 e. The smallest absolute Gasteiger partial charge is 0.126 e. The first-order valence-corrected chi connectivity index (χ1v) is 9.56. The third kappa shape index (κ3) is 4.61. The van der Waals surface area contributed by atoms with Gasteiger partial charge in [0.15, 0.2) is 0 Å². The van der Waals surface area contributed by atoms with E-state index in [-0.39, 0.29) is 0 Å². The second-order valence-corrected chi connectivity index (χ2v) is 7.44. The molecule has 0 saturated heterocycles. The number of hydrogen-bond donors (Lipinski definition) is 1. The molecule has 0 unspecified atom stereocenters. The average Bonchev–Trinajstić information content (AvgIpc) is 2.63. The lowest BCUT2D eigenvalue weighted by atomic mass is 9.85. The Balaban J connectivity index is 1.51. The van der Waals surface area contributed by atoms with Gasteiger partial charge < -0.3 is 10.5 Å². The van der Waals surface area contributed by atoms with Crippen molar-refractivity contribution in [3.05, 3.63) is 35.9 Å². The van der Waals surface area contributed by atoms with Gasteiger partial charge in [-0.1, -0.05) is 56.4 Å². The van der Waals surface area contributed by atoms with Crippen LogP contribution in [0, 0.1) is 5.92 Å². The highest BCUT2D eigenvalue weighted by molar-refractivity contribution is 5.71. The molecule has 1 atom stereocenters. The first-order valence-electron chi connectivity index (χ1n) is 9.56. The van der Waals surface area contributed by atoms with Gasteiger partial charge in [-0.05, 0) is 30.4 Å². The fraction of sp³-hybridized carbons (Fsp3) is 0.619. The summed E-state index contributed by atoms with van der Waals surface area (Å²) < 4.78 is 5.50. The van der Waals surface area contributed by atoms with Crippen LogP contribution in [0.4, 0.5) is 0 Å². The molecule has 2 aliphatic rings. The Hall–Kier alpha value is -1.32. The molecule has 1 aromatic carbocycles. The van der Waals surface area contributed by atoms with Gasteiger partial charge in [0, 0.05) is 31.2 Å². The van der Waals surface area contributed by atoms with Crippen molar-refractivity contribution in [2.24, 2.45) is 11.7 Å². The van der Waals surface area contributed by atoms with Crippen LogP contribution in [0.3, 0.4) is 0 Å². The van der Waals surface area contributed by atoms with Crippen LogP contribution in [0.1, 0.15) is 50.5 Å². The minimum absolute atomic E-state index is 0.328. The van der Waals surface area contributed by atoms with Crippen LogP contribution in [-0.2, 0) is 0 Å². The monoisotopic (exact) mass is 328 g/mol. The fourth-order valence-corrected chi connectivity index (χ4v) is 4.29. The lowest BCUT2D eigenvalue weighted by Crippen LogP contribution is -2.40. The molecular weight excluding hydrogens is 296 g/mol. The molecule has 0 spiro atoms. The maximum Gasteiger partial charge on any atom is 0.126 e. The number of hydrogen-bond acceptors (Lipinski definition) is 3. The van der Waals surface area contributed by atoms with E-state index in [0.717, 1.165) is 37.7 Å². The summed E-state index contributed by atoms with van der Waals surface area (Å²) in [4.78, 5) is 2.51. The summed E-state index contributed by atoms with van der Waals surface area (Å²) in [5.41, 5.74) is 9.09. The van der Waals surface area contributed by atoms with E-state index in [1.807, 2.05) is 12.1 Å². The predicted octanol–water partition coefficient (Wildman–Crippen LogP) is 4.08. The molecule has 1 heterocycles. The maximum atomic E-state index is 6.44. The van der Waals surface area contributed by atoms with Gasteiger partial charge in [0.25, 0.3) is 0 Å². The minimum atomic E-state index is 0.328. The van der Waals surface area contributed by atoms with E-state index in [4.69, 9.17) is 10.5 Å². The molecule has 1 aliphatic carbocycles. The Morgan fingerprint density at radius 1 is 1.21 bits per heavy atom. The lowest BCUT2D eigenvalue weighted by Gasteiger charge is -2.31. The highest BCUT2D eigenvalue weighted by atomic mass is 16.5. The zero-order valence-corrected chi connectivity index (χ0v) is 15.0. The SMILES string of the molecule is COc1ccccc1C1=CCN(C[C@H](N)CC2CCCCC2)CC1. The van der Waals surface area contributed by atoms with Crippen molar-refractivity contribution in [1.82, 2.24) is 4.90 Å². The average molecular weight is 329 g/mol. The Labute approximate surface area is 146 Å². The second kappa shape index (κ2) is 8.68. The van der Waals surface area contributed by atoms with Crippen molar-refractivity contribution in [2.45, 2.75) is 51.0 Å². The second-order valence-electron chi connectivity index (χ2n) is 7.44. The van der Waals surface area contributed by atoms with Gasteiger partial charge in [-0.3, -0.25) is 4.90 Å². The number of methoxy groups -OCH3 is 1. The fourth-order valence-electron chi connectivity index (χ4n) is 4.29. The zero-order valence-electron chi connectivity index (χ0n) is 15.0. The normalized spacial score (nSPS) is 21.3. The van der Waals surface area contributed by atoms with Crippen molar-refractivity contribution in [3.63, 3.8) is 0 Å². The molecule has 3 nitrogen and oxygen atoms in total. The van der Waals surface area contributed by atoms with E-state index in [1.54, 1.807) is 7.11 Å². The summed E-state index contributed by atoms with van der Waals surface area (Å²) in [7, 11) is 1.75. The van der Waals surface area contributed by atoms with Gasteiger partial charge in [-0.25, -0.2) is 0 Å². The Morgan fingerprint density at radius 2 is 2.00 bits per heavy atom.